The third-order valence-corrected chi connectivity index (χ3v) is 6.45. The Labute approximate surface area is 212 Å². The molecule has 0 aliphatic carbocycles. The smallest absolute Gasteiger partial charge is 0.129 e. The molecule has 190 valence electrons. The predicted octanol–water partition coefficient (Wildman–Crippen LogP) is 5.63. The number of hydrogen-bond donors (Lipinski definition) is 1. The van der Waals surface area contributed by atoms with E-state index in [9.17, 15) is 5.11 Å². The Morgan fingerprint density at radius 1 is 0.886 bits per heavy atom. The fourth-order valence-corrected chi connectivity index (χ4v) is 3.79. The standard InChI is InChI=1S/C29H40O5Si/c1-23(28(30)10-8-7-9-19-35(4,5)6)29(34-21-25-13-17-27(32-3)18-14-25)22-33-20-24-11-15-26(31-2)16-12-24/h7-8,11-18,23,28-30H,10,20-22H2,1-6H3/b8-7+/t23-,28-,29-/m1/s1. The van der Waals surface area contributed by atoms with Gasteiger partial charge in [0, 0.05) is 5.92 Å². The SMILES string of the molecule is COc1ccc(COC[C@@H](OCc2ccc(OC)cc2)[C@H](C)[C@H](O)C/C=C/C#C[Si](C)(C)C)cc1. The second-order valence-electron chi connectivity index (χ2n) is 9.64. The molecule has 2 rings (SSSR count). The highest BCUT2D eigenvalue weighted by atomic mass is 28.3. The van der Waals surface area contributed by atoms with Crippen LogP contribution < -0.4 is 9.47 Å². The van der Waals surface area contributed by atoms with Gasteiger partial charge in [-0.05, 0) is 47.9 Å². The zero-order chi connectivity index (χ0) is 25.7. The fraction of sp³-hybridized carbons (Fsp3) is 0.448. The van der Waals surface area contributed by atoms with E-state index < -0.39 is 14.2 Å². The summed E-state index contributed by atoms with van der Waals surface area (Å²) in [7, 11) is 1.90. The summed E-state index contributed by atoms with van der Waals surface area (Å²) in [5, 5.41) is 10.8. The molecule has 0 heterocycles. The van der Waals surface area contributed by atoms with Crippen molar-refractivity contribution in [2.75, 3.05) is 20.8 Å². The van der Waals surface area contributed by atoms with Crippen LogP contribution in [-0.4, -0.2) is 46.2 Å². The molecule has 0 saturated heterocycles. The summed E-state index contributed by atoms with van der Waals surface area (Å²) >= 11 is 0. The Hall–Kier alpha value is -2.56. The maximum Gasteiger partial charge on any atom is 0.129 e. The van der Waals surface area contributed by atoms with Gasteiger partial charge in [0.25, 0.3) is 0 Å². The van der Waals surface area contributed by atoms with Crippen molar-refractivity contribution in [3.8, 4) is 23.0 Å². The lowest BCUT2D eigenvalue weighted by atomic mass is 9.95. The molecular weight excluding hydrogens is 456 g/mol. The van der Waals surface area contributed by atoms with Gasteiger partial charge in [0.15, 0.2) is 0 Å². The first-order valence-electron chi connectivity index (χ1n) is 12.0. The molecule has 1 N–H and O–H groups in total. The largest absolute Gasteiger partial charge is 0.497 e. The minimum Gasteiger partial charge on any atom is -0.497 e. The summed E-state index contributed by atoms with van der Waals surface area (Å²) in [6.45, 7) is 9.89. The van der Waals surface area contributed by atoms with Crippen LogP contribution in [0.25, 0.3) is 0 Å². The lowest BCUT2D eigenvalue weighted by Crippen LogP contribution is -2.35. The van der Waals surface area contributed by atoms with Crippen molar-refractivity contribution in [1.82, 2.24) is 0 Å². The van der Waals surface area contributed by atoms with Gasteiger partial charge in [-0.3, -0.25) is 0 Å². The van der Waals surface area contributed by atoms with E-state index in [0.29, 0.717) is 26.2 Å². The molecule has 0 aliphatic rings. The fourth-order valence-electron chi connectivity index (χ4n) is 3.28. The van der Waals surface area contributed by atoms with Crippen molar-refractivity contribution in [3.05, 3.63) is 71.8 Å². The number of aliphatic hydroxyl groups is 1. The molecule has 0 aromatic heterocycles. The number of methoxy groups -OCH3 is 2. The first kappa shape index (κ1) is 28.7. The van der Waals surface area contributed by atoms with E-state index in [-0.39, 0.29) is 12.0 Å². The molecule has 35 heavy (non-hydrogen) atoms. The van der Waals surface area contributed by atoms with E-state index in [0.717, 1.165) is 22.6 Å². The van der Waals surface area contributed by atoms with Gasteiger partial charge in [0.05, 0.1) is 46.2 Å². The van der Waals surface area contributed by atoms with Crippen molar-refractivity contribution < 1.29 is 24.1 Å². The van der Waals surface area contributed by atoms with Crippen molar-refractivity contribution in [2.45, 2.75) is 58.4 Å². The second-order valence-corrected chi connectivity index (χ2v) is 14.4. The summed E-state index contributed by atoms with van der Waals surface area (Å²) in [5.74, 6) is 4.60. The summed E-state index contributed by atoms with van der Waals surface area (Å²) in [6.07, 6.45) is 3.47. The number of aliphatic hydroxyl groups excluding tert-OH is 1. The lowest BCUT2D eigenvalue weighted by Gasteiger charge is -2.28. The monoisotopic (exact) mass is 496 g/mol. The third-order valence-electron chi connectivity index (χ3n) is 5.55. The maximum atomic E-state index is 10.8. The lowest BCUT2D eigenvalue weighted by molar-refractivity contribution is -0.0813. The molecule has 0 bridgehead atoms. The molecule has 6 heteroatoms. The van der Waals surface area contributed by atoms with Crippen molar-refractivity contribution in [1.29, 1.82) is 0 Å². The Balaban J connectivity index is 1.98. The Bertz CT molecular complexity index is 952. The number of rotatable bonds is 13. The van der Waals surface area contributed by atoms with Crippen LogP contribution in [-0.2, 0) is 22.7 Å². The van der Waals surface area contributed by atoms with Crippen LogP contribution in [0.15, 0.2) is 60.7 Å². The number of benzene rings is 2. The van der Waals surface area contributed by atoms with E-state index in [1.165, 1.54) is 0 Å². The van der Waals surface area contributed by atoms with Gasteiger partial charge < -0.3 is 24.1 Å². The Kier molecular flexibility index (Phi) is 12.1. The van der Waals surface area contributed by atoms with Crippen molar-refractivity contribution in [3.63, 3.8) is 0 Å². The van der Waals surface area contributed by atoms with Gasteiger partial charge in [-0.15, -0.1) is 5.54 Å². The average molecular weight is 497 g/mol. The zero-order valence-corrected chi connectivity index (χ0v) is 22.9. The minimum atomic E-state index is -1.40. The molecule has 5 nitrogen and oxygen atoms in total. The predicted molar refractivity (Wildman–Crippen MR) is 144 cm³/mol. The maximum absolute atomic E-state index is 10.8. The van der Waals surface area contributed by atoms with Crippen LogP contribution in [0, 0.1) is 17.4 Å². The molecule has 2 aromatic carbocycles. The summed E-state index contributed by atoms with van der Waals surface area (Å²) in [4.78, 5) is 0. The van der Waals surface area contributed by atoms with Crippen LogP contribution in [0.4, 0.5) is 0 Å². The second kappa shape index (κ2) is 14.7. The first-order valence-corrected chi connectivity index (χ1v) is 15.5. The number of ether oxygens (including phenoxy) is 4. The third kappa shape index (κ3) is 11.1. The van der Waals surface area contributed by atoms with Crippen LogP contribution in [0.2, 0.25) is 19.6 Å². The van der Waals surface area contributed by atoms with Gasteiger partial charge in [0.1, 0.15) is 19.6 Å². The number of allylic oxidation sites excluding steroid dienone is 1. The molecule has 0 saturated carbocycles. The Morgan fingerprint density at radius 3 is 1.94 bits per heavy atom. The van der Waals surface area contributed by atoms with E-state index in [2.05, 4.69) is 31.1 Å². The minimum absolute atomic E-state index is 0.126. The van der Waals surface area contributed by atoms with E-state index in [1.54, 1.807) is 14.2 Å². The van der Waals surface area contributed by atoms with E-state index >= 15 is 0 Å². The quantitative estimate of drug-likeness (QED) is 0.288. The van der Waals surface area contributed by atoms with E-state index in [1.807, 2.05) is 67.6 Å². The van der Waals surface area contributed by atoms with Crippen LogP contribution in [0.1, 0.15) is 24.5 Å². The molecular formula is C29H40O5Si. The van der Waals surface area contributed by atoms with E-state index in [4.69, 9.17) is 18.9 Å². The molecule has 0 aliphatic heterocycles. The highest BCUT2D eigenvalue weighted by Crippen LogP contribution is 2.20. The molecule has 0 fully saturated rings. The zero-order valence-electron chi connectivity index (χ0n) is 21.9. The van der Waals surface area contributed by atoms with Crippen molar-refractivity contribution in [2.24, 2.45) is 5.92 Å². The topological polar surface area (TPSA) is 57.2 Å². The van der Waals surface area contributed by atoms with Gasteiger partial charge in [-0.1, -0.05) is 62.8 Å². The molecule has 0 radical (unpaired) electrons. The normalized spacial score (nSPS) is 14.1. The van der Waals surface area contributed by atoms with Gasteiger partial charge >= 0.3 is 0 Å². The average Bonchev–Trinajstić information content (AvgIpc) is 2.85. The summed E-state index contributed by atoms with van der Waals surface area (Å²) < 4.78 is 22.7. The summed E-state index contributed by atoms with van der Waals surface area (Å²) in [6, 6.07) is 15.6. The Morgan fingerprint density at radius 2 is 1.43 bits per heavy atom. The molecule has 0 unspecified atom stereocenters. The van der Waals surface area contributed by atoms with Crippen LogP contribution in [0.3, 0.4) is 0 Å². The highest BCUT2D eigenvalue weighted by Gasteiger charge is 2.25. The van der Waals surface area contributed by atoms with Crippen LogP contribution in [0.5, 0.6) is 11.5 Å². The van der Waals surface area contributed by atoms with Crippen molar-refractivity contribution >= 4 is 8.07 Å². The van der Waals surface area contributed by atoms with Gasteiger partial charge in [0.2, 0.25) is 0 Å². The number of hydrogen-bond acceptors (Lipinski definition) is 5. The first-order chi connectivity index (χ1) is 16.7. The molecule has 0 spiro atoms. The van der Waals surface area contributed by atoms with Gasteiger partial charge in [-0.2, -0.15) is 0 Å². The summed E-state index contributed by atoms with van der Waals surface area (Å²) in [5.41, 5.74) is 5.39. The van der Waals surface area contributed by atoms with Crippen LogP contribution >= 0.6 is 0 Å². The highest BCUT2D eigenvalue weighted by molar-refractivity contribution is 6.83. The van der Waals surface area contributed by atoms with Gasteiger partial charge in [-0.25, -0.2) is 0 Å². The molecule has 3 atom stereocenters. The molecule has 0 amide bonds. The molecule has 2 aromatic rings.